The van der Waals surface area contributed by atoms with Crippen molar-refractivity contribution in [1.82, 2.24) is 9.55 Å². The number of nitrogens with zero attached hydrogens (tertiary/aromatic N) is 3. The number of aromatic carboxylic acids is 1. The Morgan fingerprint density at radius 1 is 1.45 bits per heavy atom. The molecule has 1 aromatic heterocycles. The fourth-order valence-electron chi connectivity index (χ4n) is 1.96. The zero-order valence-electron chi connectivity index (χ0n) is 11.0. The zero-order chi connectivity index (χ0) is 14.9. The lowest BCUT2D eigenvalue weighted by molar-refractivity contribution is -0.384. The molecule has 1 N–H and O–H groups in total. The number of hydrogen-bond acceptors (Lipinski definition) is 4. The molecule has 0 spiro atoms. The van der Waals surface area contributed by atoms with Gasteiger partial charge in [0.15, 0.2) is 0 Å². The summed E-state index contributed by atoms with van der Waals surface area (Å²) in [5.74, 6) is -1.20. The van der Waals surface area contributed by atoms with Crippen LogP contribution in [0.25, 0.3) is 11.3 Å². The van der Waals surface area contributed by atoms with Crippen molar-refractivity contribution >= 4 is 11.7 Å². The molecule has 0 saturated carbocycles. The molecule has 0 aliphatic heterocycles. The second-order valence-electron chi connectivity index (χ2n) is 4.57. The number of carboxylic acid groups (broad SMARTS) is 1. The van der Waals surface area contributed by atoms with Crippen LogP contribution in [0.4, 0.5) is 5.69 Å². The monoisotopic (exact) mass is 275 g/mol. The Bertz CT molecular complexity index is 676. The van der Waals surface area contributed by atoms with Crippen LogP contribution in [0.3, 0.4) is 0 Å². The highest BCUT2D eigenvalue weighted by Gasteiger charge is 2.21. The van der Waals surface area contributed by atoms with Crippen LogP contribution in [0.5, 0.6) is 0 Å². The molecule has 1 aromatic carbocycles. The van der Waals surface area contributed by atoms with Gasteiger partial charge < -0.3 is 9.67 Å². The minimum absolute atomic E-state index is 0.0891. The number of benzene rings is 1. The second kappa shape index (κ2) is 5.12. The molecule has 0 fully saturated rings. The van der Waals surface area contributed by atoms with Gasteiger partial charge in [-0.05, 0) is 26.0 Å². The second-order valence-corrected chi connectivity index (χ2v) is 4.57. The Morgan fingerprint density at radius 3 is 2.70 bits per heavy atom. The van der Waals surface area contributed by atoms with Crippen molar-refractivity contribution in [3.63, 3.8) is 0 Å². The van der Waals surface area contributed by atoms with Gasteiger partial charge in [0.1, 0.15) is 0 Å². The standard InChI is InChI=1S/C13H13N3O4/c1-8(2)15-7-14-6-12(15)10-4-3-9(13(17)18)5-11(10)16(19)20/h3-8H,1-2H3,(H,17,18). The van der Waals surface area contributed by atoms with E-state index in [2.05, 4.69) is 4.98 Å². The Labute approximate surface area is 114 Å². The third-order valence-electron chi connectivity index (χ3n) is 2.94. The first-order valence-corrected chi connectivity index (χ1v) is 5.95. The SMILES string of the molecule is CC(C)n1cncc1-c1ccc(C(=O)O)cc1[N+](=O)[O-]. The summed E-state index contributed by atoms with van der Waals surface area (Å²) in [4.78, 5) is 25.5. The third kappa shape index (κ3) is 2.37. The molecule has 7 nitrogen and oxygen atoms in total. The third-order valence-corrected chi connectivity index (χ3v) is 2.94. The van der Waals surface area contributed by atoms with E-state index in [-0.39, 0.29) is 17.3 Å². The van der Waals surface area contributed by atoms with Crippen LogP contribution in [0.2, 0.25) is 0 Å². The Morgan fingerprint density at radius 2 is 2.15 bits per heavy atom. The lowest BCUT2D eigenvalue weighted by atomic mass is 10.1. The van der Waals surface area contributed by atoms with E-state index in [9.17, 15) is 14.9 Å². The summed E-state index contributed by atoms with van der Waals surface area (Å²) in [6.07, 6.45) is 3.12. The minimum atomic E-state index is -1.20. The van der Waals surface area contributed by atoms with E-state index < -0.39 is 10.9 Å². The number of imidazole rings is 1. The Hall–Kier alpha value is -2.70. The topological polar surface area (TPSA) is 98.3 Å². The number of nitro benzene ring substituents is 1. The average Bonchev–Trinajstić information content (AvgIpc) is 2.86. The van der Waals surface area contributed by atoms with Gasteiger partial charge >= 0.3 is 5.97 Å². The van der Waals surface area contributed by atoms with Crippen molar-refractivity contribution in [3.05, 3.63) is 46.4 Å². The van der Waals surface area contributed by atoms with E-state index in [1.807, 2.05) is 13.8 Å². The Kier molecular flexibility index (Phi) is 3.51. The maximum atomic E-state index is 11.2. The van der Waals surface area contributed by atoms with E-state index in [1.54, 1.807) is 10.9 Å². The van der Waals surface area contributed by atoms with Crippen LogP contribution in [0, 0.1) is 10.1 Å². The number of carbonyl (C=O) groups is 1. The largest absolute Gasteiger partial charge is 0.478 e. The summed E-state index contributed by atoms with van der Waals surface area (Å²) in [6.45, 7) is 3.87. The molecule has 7 heteroatoms. The summed E-state index contributed by atoms with van der Waals surface area (Å²) in [7, 11) is 0. The van der Waals surface area contributed by atoms with Crippen LogP contribution in [-0.4, -0.2) is 25.6 Å². The highest BCUT2D eigenvalue weighted by atomic mass is 16.6. The van der Waals surface area contributed by atoms with Crippen molar-refractivity contribution in [2.75, 3.05) is 0 Å². The Balaban J connectivity index is 2.64. The van der Waals surface area contributed by atoms with Gasteiger partial charge in [0.05, 0.1) is 34.3 Å². The smallest absolute Gasteiger partial charge is 0.335 e. The first kappa shape index (κ1) is 13.7. The van der Waals surface area contributed by atoms with Crippen molar-refractivity contribution < 1.29 is 14.8 Å². The maximum absolute atomic E-state index is 11.2. The number of carboxylic acids is 1. The molecule has 1 heterocycles. The van der Waals surface area contributed by atoms with E-state index in [0.717, 1.165) is 6.07 Å². The highest BCUT2D eigenvalue weighted by molar-refractivity contribution is 5.90. The molecule has 0 saturated heterocycles. The van der Waals surface area contributed by atoms with Crippen LogP contribution in [0.1, 0.15) is 30.2 Å². The lowest BCUT2D eigenvalue weighted by Gasteiger charge is -2.12. The maximum Gasteiger partial charge on any atom is 0.335 e. The van der Waals surface area contributed by atoms with Gasteiger partial charge in [0.25, 0.3) is 5.69 Å². The normalized spacial score (nSPS) is 10.8. The first-order valence-electron chi connectivity index (χ1n) is 5.95. The molecule has 2 rings (SSSR count). The molecule has 0 aliphatic rings. The number of nitro groups is 1. The zero-order valence-corrected chi connectivity index (χ0v) is 11.0. The molecule has 0 radical (unpaired) electrons. The van der Waals surface area contributed by atoms with Crippen LogP contribution in [-0.2, 0) is 0 Å². The van der Waals surface area contributed by atoms with Crippen molar-refractivity contribution in [3.8, 4) is 11.3 Å². The number of rotatable bonds is 4. The quantitative estimate of drug-likeness (QED) is 0.683. The van der Waals surface area contributed by atoms with Gasteiger partial charge in [0.2, 0.25) is 0 Å². The fraction of sp³-hybridized carbons (Fsp3) is 0.231. The lowest BCUT2D eigenvalue weighted by Crippen LogP contribution is -2.04. The summed E-state index contributed by atoms with van der Waals surface area (Å²) >= 11 is 0. The summed E-state index contributed by atoms with van der Waals surface area (Å²) in [5.41, 5.74) is 0.582. The molecule has 0 amide bonds. The molecule has 0 aliphatic carbocycles. The molecular formula is C13H13N3O4. The molecule has 104 valence electrons. The predicted molar refractivity (Wildman–Crippen MR) is 71.7 cm³/mol. The molecule has 0 unspecified atom stereocenters. The van der Waals surface area contributed by atoms with Crippen LogP contribution < -0.4 is 0 Å². The average molecular weight is 275 g/mol. The van der Waals surface area contributed by atoms with E-state index in [1.165, 1.54) is 18.3 Å². The first-order chi connectivity index (χ1) is 9.41. The van der Waals surface area contributed by atoms with Crippen molar-refractivity contribution in [2.24, 2.45) is 0 Å². The molecule has 0 bridgehead atoms. The molecule has 2 aromatic rings. The van der Waals surface area contributed by atoms with Gasteiger partial charge in [0, 0.05) is 12.1 Å². The van der Waals surface area contributed by atoms with Gasteiger partial charge in [-0.3, -0.25) is 10.1 Å². The summed E-state index contributed by atoms with van der Waals surface area (Å²) in [5, 5.41) is 20.1. The van der Waals surface area contributed by atoms with Crippen molar-refractivity contribution in [1.29, 1.82) is 0 Å². The highest BCUT2D eigenvalue weighted by Crippen LogP contribution is 2.32. The van der Waals surface area contributed by atoms with E-state index >= 15 is 0 Å². The van der Waals surface area contributed by atoms with E-state index in [4.69, 9.17) is 5.11 Å². The van der Waals surface area contributed by atoms with Gasteiger partial charge in [-0.1, -0.05) is 0 Å². The molecule has 0 atom stereocenters. The van der Waals surface area contributed by atoms with Crippen LogP contribution >= 0.6 is 0 Å². The summed E-state index contributed by atoms with van der Waals surface area (Å²) < 4.78 is 1.79. The minimum Gasteiger partial charge on any atom is -0.478 e. The molecule has 20 heavy (non-hydrogen) atoms. The summed E-state index contributed by atoms with van der Waals surface area (Å²) in [6, 6.07) is 3.95. The van der Waals surface area contributed by atoms with Crippen molar-refractivity contribution in [2.45, 2.75) is 19.9 Å². The molecular weight excluding hydrogens is 262 g/mol. The van der Waals surface area contributed by atoms with Gasteiger partial charge in [-0.2, -0.15) is 0 Å². The predicted octanol–water partition coefficient (Wildman–Crippen LogP) is 2.74. The number of aromatic nitrogens is 2. The fourth-order valence-corrected chi connectivity index (χ4v) is 1.96. The van der Waals surface area contributed by atoms with E-state index in [0.29, 0.717) is 11.3 Å². The number of hydrogen-bond donors (Lipinski definition) is 1. The van der Waals surface area contributed by atoms with Crippen LogP contribution in [0.15, 0.2) is 30.7 Å². The van der Waals surface area contributed by atoms with Gasteiger partial charge in [-0.25, -0.2) is 9.78 Å². The van der Waals surface area contributed by atoms with Gasteiger partial charge in [-0.15, -0.1) is 0 Å².